The van der Waals surface area contributed by atoms with Crippen LogP contribution in [-0.2, 0) is 12.7 Å². The third-order valence-corrected chi connectivity index (χ3v) is 4.87. The number of nitrogens with one attached hydrogen (secondary N) is 1. The summed E-state index contributed by atoms with van der Waals surface area (Å²) in [7, 11) is 0. The zero-order valence-electron chi connectivity index (χ0n) is 16.7. The number of benzene rings is 3. The monoisotopic (exact) mass is 435 g/mol. The smallest absolute Gasteiger partial charge is 0.351 e. The van der Waals surface area contributed by atoms with Crippen LogP contribution in [-0.4, -0.2) is 9.55 Å². The van der Waals surface area contributed by atoms with Crippen LogP contribution in [0.3, 0.4) is 0 Å². The first kappa shape index (κ1) is 21.2. The number of hydrogen-bond donors (Lipinski definition) is 1. The van der Waals surface area contributed by atoms with Gasteiger partial charge in [-0.1, -0.05) is 36.3 Å². The van der Waals surface area contributed by atoms with Crippen LogP contribution in [0.2, 0.25) is 0 Å². The van der Waals surface area contributed by atoms with Gasteiger partial charge in [0.15, 0.2) is 0 Å². The topological polar surface area (TPSA) is 29.9 Å². The Morgan fingerprint density at radius 3 is 2.31 bits per heavy atom. The van der Waals surface area contributed by atoms with E-state index in [-0.39, 0.29) is 6.54 Å². The molecule has 0 radical (unpaired) electrons. The summed E-state index contributed by atoms with van der Waals surface area (Å²) in [5.74, 6) is 2.58. The lowest BCUT2D eigenvalue weighted by Crippen LogP contribution is -2.08. The lowest BCUT2D eigenvalue weighted by molar-refractivity contribution is -0.137. The molecule has 0 aliphatic carbocycles. The number of imidazole rings is 1. The summed E-state index contributed by atoms with van der Waals surface area (Å²) in [6.07, 6.45) is 2.78. The SMILES string of the molecule is C#Cc1ccc(-c2cn(-c3cccc(F)c3)c(NCc3ccc(C(F)(F)F)cc3)n2)cc1. The van der Waals surface area contributed by atoms with E-state index in [9.17, 15) is 17.6 Å². The molecule has 1 N–H and O–H groups in total. The molecule has 4 aromatic rings. The van der Waals surface area contributed by atoms with Crippen molar-refractivity contribution in [1.82, 2.24) is 9.55 Å². The van der Waals surface area contributed by atoms with Crippen LogP contribution < -0.4 is 5.32 Å². The van der Waals surface area contributed by atoms with Crippen molar-refractivity contribution in [3.8, 4) is 29.3 Å². The number of halogens is 4. The maximum absolute atomic E-state index is 13.8. The van der Waals surface area contributed by atoms with Gasteiger partial charge in [0.25, 0.3) is 0 Å². The third-order valence-electron chi connectivity index (χ3n) is 4.87. The van der Waals surface area contributed by atoms with Gasteiger partial charge in [0.05, 0.1) is 16.9 Å². The highest BCUT2D eigenvalue weighted by atomic mass is 19.4. The molecule has 32 heavy (non-hydrogen) atoms. The summed E-state index contributed by atoms with van der Waals surface area (Å²) in [6, 6.07) is 18.2. The highest BCUT2D eigenvalue weighted by Crippen LogP contribution is 2.29. The van der Waals surface area contributed by atoms with Crippen LogP contribution in [0.1, 0.15) is 16.7 Å². The zero-order chi connectivity index (χ0) is 22.7. The van der Waals surface area contributed by atoms with E-state index in [4.69, 9.17) is 6.42 Å². The van der Waals surface area contributed by atoms with Crippen LogP contribution in [0.15, 0.2) is 79.0 Å². The number of aromatic nitrogens is 2. The predicted molar refractivity (Wildman–Crippen MR) is 116 cm³/mol. The fourth-order valence-electron chi connectivity index (χ4n) is 3.20. The van der Waals surface area contributed by atoms with Crippen molar-refractivity contribution >= 4 is 5.95 Å². The van der Waals surface area contributed by atoms with Gasteiger partial charge in [0, 0.05) is 23.9 Å². The van der Waals surface area contributed by atoms with Gasteiger partial charge in [-0.2, -0.15) is 13.2 Å². The fourth-order valence-corrected chi connectivity index (χ4v) is 3.20. The third kappa shape index (κ3) is 4.65. The highest BCUT2D eigenvalue weighted by Gasteiger charge is 2.29. The molecule has 0 aliphatic rings. The van der Waals surface area contributed by atoms with Crippen molar-refractivity contribution in [3.63, 3.8) is 0 Å². The van der Waals surface area contributed by atoms with Crippen LogP contribution in [0, 0.1) is 18.2 Å². The normalized spacial score (nSPS) is 11.2. The molecule has 0 aliphatic heterocycles. The van der Waals surface area contributed by atoms with Crippen molar-refractivity contribution in [1.29, 1.82) is 0 Å². The summed E-state index contributed by atoms with van der Waals surface area (Å²) in [5.41, 5.74) is 2.68. The molecule has 7 heteroatoms. The molecule has 0 spiro atoms. The molecule has 0 fully saturated rings. The van der Waals surface area contributed by atoms with E-state index in [1.807, 2.05) is 12.1 Å². The molecule has 4 rings (SSSR count). The van der Waals surface area contributed by atoms with Gasteiger partial charge >= 0.3 is 6.18 Å². The summed E-state index contributed by atoms with van der Waals surface area (Å²) in [5, 5.41) is 3.13. The Morgan fingerprint density at radius 2 is 1.69 bits per heavy atom. The van der Waals surface area contributed by atoms with Crippen LogP contribution in [0.25, 0.3) is 16.9 Å². The van der Waals surface area contributed by atoms with Gasteiger partial charge in [-0.25, -0.2) is 9.37 Å². The van der Waals surface area contributed by atoms with Gasteiger partial charge in [-0.3, -0.25) is 4.57 Å². The second-order valence-electron chi connectivity index (χ2n) is 7.07. The second kappa shape index (κ2) is 8.60. The number of hydrogen-bond acceptors (Lipinski definition) is 2. The lowest BCUT2D eigenvalue weighted by atomic mass is 10.1. The number of terminal acetylenes is 1. The lowest BCUT2D eigenvalue weighted by Gasteiger charge is -2.11. The fraction of sp³-hybridized carbons (Fsp3) is 0.0800. The van der Waals surface area contributed by atoms with E-state index in [2.05, 4.69) is 16.2 Å². The quantitative estimate of drug-likeness (QED) is 0.295. The molecule has 3 aromatic carbocycles. The summed E-state index contributed by atoms with van der Waals surface area (Å²) < 4.78 is 53.9. The van der Waals surface area contributed by atoms with E-state index >= 15 is 0 Å². The van der Waals surface area contributed by atoms with E-state index in [0.29, 0.717) is 22.9 Å². The standard InChI is InChI=1S/C25H17F4N3/c1-2-17-6-10-19(11-7-17)23-16-32(22-5-3-4-21(26)14-22)24(31-23)30-15-18-8-12-20(13-9-18)25(27,28)29/h1,3-14,16H,15H2,(H,30,31). The number of alkyl halides is 3. The Morgan fingerprint density at radius 1 is 0.969 bits per heavy atom. The average Bonchev–Trinajstić information content (AvgIpc) is 3.22. The van der Waals surface area contributed by atoms with Gasteiger partial charge in [0.1, 0.15) is 5.82 Å². The molecule has 0 bridgehead atoms. The maximum Gasteiger partial charge on any atom is 0.416 e. The molecule has 0 unspecified atom stereocenters. The maximum atomic E-state index is 13.8. The first-order chi connectivity index (χ1) is 15.3. The molecule has 1 aromatic heterocycles. The average molecular weight is 435 g/mol. The molecule has 0 amide bonds. The first-order valence-corrected chi connectivity index (χ1v) is 9.66. The Hall–Kier alpha value is -4.05. The van der Waals surface area contributed by atoms with Crippen molar-refractivity contribution in [2.75, 3.05) is 5.32 Å². The Bertz CT molecular complexity index is 1260. The molecule has 160 valence electrons. The number of anilines is 1. The molecule has 0 saturated heterocycles. The van der Waals surface area contributed by atoms with Crippen molar-refractivity contribution in [2.45, 2.75) is 12.7 Å². The van der Waals surface area contributed by atoms with Crippen LogP contribution in [0.4, 0.5) is 23.5 Å². The van der Waals surface area contributed by atoms with Gasteiger partial charge in [-0.15, -0.1) is 6.42 Å². The zero-order valence-corrected chi connectivity index (χ0v) is 16.7. The highest BCUT2D eigenvalue weighted by molar-refractivity contribution is 5.63. The van der Waals surface area contributed by atoms with E-state index < -0.39 is 17.6 Å². The van der Waals surface area contributed by atoms with Crippen molar-refractivity contribution in [2.24, 2.45) is 0 Å². The molecular formula is C25H17F4N3. The summed E-state index contributed by atoms with van der Waals surface area (Å²) in [4.78, 5) is 4.61. The summed E-state index contributed by atoms with van der Waals surface area (Å²) in [6.45, 7) is 0.236. The van der Waals surface area contributed by atoms with Crippen LogP contribution in [0.5, 0.6) is 0 Å². The van der Waals surface area contributed by atoms with E-state index in [1.54, 1.807) is 35.0 Å². The van der Waals surface area contributed by atoms with Crippen LogP contribution >= 0.6 is 0 Å². The minimum atomic E-state index is -4.39. The Kier molecular flexibility index (Phi) is 5.69. The second-order valence-corrected chi connectivity index (χ2v) is 7.07. The Balaban J connectivity index is 1.65. The molecule has 1 heterocycles. The number of rotatable bonds is 5. The summed E-state index contributed by atoms with van der Waals surface area (Å²) >= 11 is 0. The Labute approximate surface area is 182 Å². The van der Waals surface area contributed by atoms with Gasteiger partial charge in [-0.05, 0) is 48.0 Å². The van der Waals surface area contributed by atoms with Crippen molar-refractivity contribution < 1.29 is 17.6 Å². The molecule has 0 atom stereocenters. The van der Waals surface area contributed by atoms with E-state index in [1.165, 1.54) is 24.3 Å². The van der Waals surface area contributed by atoms with E-state index in [0.717, 1.165) is 23.3 Å². The van der Waals surface area contributed by atoms with Gasteiger partial charge in [0.2, 0.25) is 5.95 Å². The molecule has 3 nitrogen and oxygen atoms in total. The van der Waals surface area contributed by atoms with Gasteiger partial charge < -0.3 is 5.32 Å². The predicted octanol–water partition coefficient (Wildman–Crippen LogP) is 6.29. The number of nitrogens with zero attached hydrogens (tertiary/aromatic N) is 2. The first-order valence-electron chi connectivity index (χ1n) is 9.66. The van der Waals surface area contributed by atoms with Crippen molar-refractivity contribution in [3.05, 3.63) is 102 Å². The minimum Gasteiger partial charge on any atom is -0.351 e. The minimum absolute atomic E-state index is 0.236. The molecular weight excluding hydrogens is 418 g/mol. The molecule has 0 saturated carbocycles. The largest absolute Gasteiger partial charge is 0.416 e.